The fraction of sp³-hybridized carbons (Fsp3) is 0.176. The van der Waals surface area contributed by atoms with Gasteiger partial charge in [-0.2, -0.15) is 0 Å². The van der Waals surface area contributed by atoms with E-state index in [1.165, 1.54) is 0 Å². The second kappa shape index (κ2) is 16.8. The molecule has 2 N–H and O–H groups in total. The molecule has 2 amide bonds. The van der Waals surface area contributed by atoms with E-state index in [-0.39, 0.29) is 0 Å². The van der Waals surface area contributed by atoms with Gasteiger partial charge in [-0.25, -0.2) is 9.59 Å². The number of amides is 2. The molecule has 4 aromatic rings. The lowest BCUT2D eigenvalue weighted by molar-refractivity contribution is 0.149. The van der Waals surface area contributed by atoms with Crippen molar-refractivity contribution in [2.75, 3.05) is 13.1 Å². The van der Waals surface area contributed by atoms with Gasteiger partial charge in [0, 0.05) is 35.3 Å². The minimum atomic E-state index is -0.602. The van der Waals surface area contributed by atoms with Crippen LogP contribution in [0, 0.1) is 0 Å². The molecule has 0 radical (unpaired) electrons. The molecular formula is C34H34N4O4. The lowest BCUT2D eigenvalue weighted by Gasteiger charge is -2.08. The third kappa shape index (κ3) is 9.75. The average molecular weight is 563 g/mol. The molecule has 0 unspecified atom stereocenters. The Morgan fingerprint density at radius 2 is 0.738 bits per heavy atom. The van der Waals surface area contributed by atoms with Crippen molar-refractivity contribution < 1.29 is 19.3 Å². The summed E-state index contributed by atoms with van der Waals surface area (Å²) in [5.41, 5.74) is 4.59. The minimum absolute atomic E-state index is 0.465. The number of hydrogen-bond acceptors (Lipinski definition) is 6. The first-order valence-corrected chi connectivity index (χ1v) is 14.0. The van der Waals surface area contributed by atoms with Crippen LogP contribution in [0.4, 0.5) is 9.59 Å². The normalized spacial score (nSPS) is 10.2. The van der Waals surface area contributed by atoms with Crippen LogP contribution in [0.5, 0.6) is 0 Å². The van der Waals surface area contributed by atoms with E-state index >= 15 is 0 Å². The zero-order valence-electron chi connectivity index (χ0n) is 23.3. The van der Waals surface area contributed by atoms with Crippen LogP contribution in [-0.2, 0) is 9.68 Å². The average Bonchev–Trinajstić information content (AvgIpc) is 3.04. The summed E-state index contributed by atoms with van der Waals surface area (Å²) in [6.45, 7) is 0.929. The van der Waals surface area contributed by atoms with E-state index < -0.39 is 12.2 Å². The molecule has 0 heterocycles. The molecule has 0 aromatic heterocycles. The SMILES string of the molecule is O=C(NCCCCCCNC(=O)ON=C(c1ccccc1)c1ccccc1)ON=C(c1ccccc1)c1ccccc1. The number of oxime groups is 2. The van der Waals surface area contributed by atoms with E-state index in [0.29, 0.717) is 24.5 Å². The highest BCUT2D eigenvalue weighted by Crippen LogP contribution is 2.12. The highest BCUT2D eigenvalue weighted by Gasteiger charge is 2.10. The Labute approximate surface area is 246 Å². The molecule has 42 heavy (non-hydrogen) atoms. The first-order chi connectivity index (χ1) is 20.7. The van der Waals surface area contributed by atoms with Crippen molar-refractivity contribution in [1.82, 2.24) is 10.6 Å². The van der Waals surface area contributed by atoms with E-state index in [4.69, 9.17) is 9.68 Å². The molecule has 0 aliphatic rings. The van der Waals surface area contributed by atoms with Crippen LogP contribution in [0.2, 0.25) is 0 Å². The molecule has 8 heteroatoms. The largest absolute Gasteiger partial charge is 0.433 e. The van der Waals surface area contributed by atoms with Crippen LogP contribution in [0.1, 0.15) is 47.9 Å². The molecule has 214 valence electrons. The third-order valence-corrected chi connectivity index (χ3v) is 6.27. The van der Waals surface area contributed by atoms with Crippen molar-refractivity contribution in [1.29, 1.82) is 0 Å². The summed E-state index contributed by atoms with van der Waals surface area (Å²) < 4.78 is 0. The van der Waals surface area contributed by atoms with Crippen LogP contribution in [0.25, 0.3) is 0 Å². The second-order valence-corrected chi connectivity index (χ2v) is 9.37. The van der Waals surface area contributed by atoms with E-state index in [1.807, 2.05) is 121 Å². The summed E-state index contributed by atoms with van der Waals surface area (Å²) in [6.07, 6.45) is 2.10. The predicted octanol–water partition coefficient (Wildman–Crippen LogP) is 6.90. The number of benzene rings is 4. The number of unbranched alkanes of at least 4 members (excludes halogenated alkanes) is 3. The maximum absolute atomic E-state index is 12.2. The Morgan fingerprint density at radius 1 is 0.452 bits per heavy atom. The van der Waals surface area contributed by atoms with Gasteiger partial charge in [-0.15, -0.1) is 0 Å². The fourth-order valence-corrected chi connectivity index (χ4v) is 4.15. The maximum atomic E-state index is 12.2. The molecule has 8 nitrogen and oxygen atoms in total. The standard InChI is InChI=1S/C34H34N4O4/c39-33(41-37-31(27-17-7-3-8-18-27)28-19-9-4-10-20-28)35-25-15-1-2-16-26-36-34(40)42-38-32(29-21-11-5-12-22-29)30-23-13-6-14-24-30/h3-14,17-24H,1-2,15-16,25-26H2,(H,35,39)(H,36,40). The van der Waals surface area contributed by atoms with Crippen molar-refractivity contribution in [2.24, 2.45) is 10.3 Å². The van der Waals surface area contributed by atoms with Gasteiger partial charge in [0.25, 0.3) is 0 Å². The Balaban J connectivity index is 1.13. The molecule has 0 atom stereocenters. The topological polar surface area (TPSA) is 101 Å². The summed E-state index contributed by atoms with van der Waals surface area (Å²) in [4.78, 5) is 34.7. The lowest BCUT2D eigenvalue weighted by atomic mass is 10.0. The molecule has 0 aliphatic heterocycles. The summed E-state index contributed by atoms with van der Waals surface area (Å²) in [5, 5.41) is 13.7. The molecule has 0 saturated heterocycles. The van der Waals surface area contributed by atoms with Crippen molar-refractivity contribution in [3.8, 4) is 0 Å². The molecule has 0 bridgehead atoms. The van der Waals surface area contributed by atoms with Crippen LogP contribution < -0.4 is 10.6 Å². The Hall–Kier alpha value is -5.24. The lowest BCUT2D eigenvalue weighted by Crippen LogP contribution is -2.25. The highest BCUT2D eigenvalue weighted by atomic mass is 16.7. The first-order valence-electron chi connectivity index (χ1n) is 14.0. The quantitative estimate of drug-likeness (QED) is 0.0801. The summed E-state index contributed by atoms with van der Waals surface area (Å²) in [6, 6.07) is 38.3. The highest BCUT2D eigenvalue weighted by molar-refractivity contribution is 6.13. The van der Waals surface area contributed by atoms with Gasteiger partial charge in [0.2, 0.25) is 0 Å². The Kier molecular flexibility index (Phi) is 11.9. The van der Waals surface area contributed by atoms with Gasteiger partial charge in [0.15, 0.2) is 0 Å². The van der Waals surface area contributed by atoms with Gasteiger partial charge in [0.05, 0.1) is 0 Å². The fourth-order valence-electron chi connectivity index (χ4n) is 4.15. The molecular weight excluding hydrogens is 528 g/mol. The number of rotatable bonds is 13. The van der Waals surface area contributed by atoms with Gasteiger partial charge >= 0.3 is 12.2 Å². The van der Waals surface area contributed by atoms with Crippen molar-refractivity contribution in [2.45, 2.75) is 25.7 Å². The minimum Gasteiger partial charge on any atom is -0.320 e. The van der Waals surface area contributed by atoms with Gasteiger partial charge in [-0.3, -0.25) is 9.68 Å². The number of nitrogens with one attached hydrogen (secondary N) is 2. The van der Waals surface area contributed by atoms with Crippen LogP contribution in [0.15, 0.2) is 132 Å². The van der Waals surface area contributed by atoms with Gasteiger partial charge < -0.3 is 10.6 Å². The van der Waals surface area contributed by atoms with Crippen molar-refractivity contribution in [3.63, 3.8) is 0 Å². The van der Waals surface area contributed by atoms with Gasteiger partial charge in [0.1, 0.15) is 11.4 Å². The van der Waals surface area contributed by atoms with Crippen LogP contribution in [-0.4, -0.2) is 36.7 Å². The van der Waals surface area contributed by atoms with E-state index in [0.717, 1.165) is 47.9 Å². The van der Waals surface area contributed by atoms with E-state index in [9.17, 15) is 9.59 Å². The predicted molar refractivity (Wildman–Crippen MR) is 164 cm³/mol. The Morgan fingerprint density at radius 3 is 1.02 bits per heavy atom. The maximum Gasteiger partial charge on any atom is 0.433 e. The number of carbonyl (C=O) groups is 2. The monoisotopic (exact) mass is 562 g/mol. The third-order valence-electron chi connectivity index (χ3n) is 6.27. The first kappa shape index (κ1) is 29.7. The van der Waals surface area contributed by atoms with E-state index in [1.54, 1.807) is 0 Å². The number of hydrogen-bond donors (Lipinski definition) is 2. The summed E-state index contributed by atoms with van der Waals surface area (Å²) >= 11 is 0. The smallest absolute Gasteiger partial charge is 0.320 e. The summed E-state index contributed by atoms with van der Waals surface area (Å²) in [7, 11) is 0. The Bertz CT molecular complexity index is 1250. The van der Waals surface area contributed by atoms with Crippen molar-refractivity contribution >= 4 is 23.6 Å². The molecule has 0 spiro atoms. The second-order valence-electron chi connectivity index (χ2n) is 9.37. The zero-order valence-corrected chi connectivity index (χ0v) is 23.3. The molecule has 4 aromatic carbocycles. The molecule has 0 aliphatic carbocycles. The van der Waals surface area contributed by atoms with Crippen molar-refractivity contribution in [3.05, 3.63) is 144 Å². The number of nitrogens with zero attached hydrogens (tertiary/aromatic N) is 2. The zero-order chi connectivity index (χ0) is 29.2. The number of carbonyl (C=O) groups excluding carboxylic acids is 2. The van der Waals surface area contributed by atoms with Crippen LogP contribution in [0.3, 0.4) is 0 Å². The summed E-state index contributed by atoms with van der Waals surface area (Å²) in [5.74, 6) is 0. The molecule has 0 saturated carbocycles. The van der Waals surface area contributed by atoms with E-state index in [2.05, 4.69) is 20.9 Å². The van der Waals surface area contributed by atoms with Gasteiger partial charge in [-0.1, -0.05) is 144 Å². The van der Waals surface area contributed by atoms with Gasteiger partial charge in [-0.05, 0) is 12.8 Å². The van der Waals surface area contributed by atoms with Crippen LogP contribution >= 0.6 is 0 Å². The molecule has 0 fully saturated rings. The molecule has 4 rings (SSSR count).